The summed E-state index contributed by atoms with van der Waals surface area (Å²) in [6.45, 7) is 1.93. The second-order valence-corrected chi connectivity index (χ2v) is 5.24. The highest BCUT2D eigenvalue weighted by molar-refractivity contribution is 6.36. The summed E-state index contributed by atoms with van der Waals surface area (Å²) in [6, 6.07) is 14.0. The molecule has 1 atom stereocenters. The number of carbonyl (C=O) groups is 1. The molecule has 0 aromatic heterocycles. The molecule has 0 spiro atoms. The summed E-state index contributed by atoms with van der Waals surface area (Å²) in [7, 11) is 0. The van der Waals surface area contributed by atoms with Gasteiger partial charge in [-0.25, -0.2) is 0 Å². The van der Waals surface area contributed by atoms with Gasteiger partial charge in [-0.15, -0.1) is 0 Å². The number of hydrogen-bond donors (Lipinski definition) is 0. The van der Waals surface area contributed by atoms with E-state index in [9.17, 15) is 10.1 Å². The lowest BCUT2D eigenvalue weighted by atomic mass is 9.91. The molecule has 0 radical (unpaired) electrons. The van der Waals surface area contributed by atoms with Crippen LogP contribution in [0.15, 0.2) is 42.5 Å². The molecule has 20 heavy (non-hydrogen) atoms. The second-order valence-electron chi connectivity index (χ2n) is 4.43. The second kappa shape index (κ2) is 6.09. The number of nitrogens with zero attached hydrogens (tertiary/aromatic N) is 1. The maximum atomic E-state index is 12.5. The van der Waals surface area contributed by atoms with E-state index in [2.05, 4.69) is 0 Å². The standard InChI is InChI=1S/C16H11Cl2NO/c1-10-5-7-11(8-6-10)16(20)12(9-19)15-13(17)3-2-4-14(15)18/h2-8,12H,1H3. The van der Waals surface area contributed by atoms with Gasteiger partial charge in [-0.05, 0) is 19.1 Å². The molecule has 0 saturated carbocycles. The van der Waals surface area contributed by atoms with Crippen molar-refractivity contribution in [3.63, 3.8) is 0 Å². The van der Waals surface area contributed by atoms with Crippen molar-refractivity contribution in [2.45, 2.75) is 12.8 Å². The highest BCUT2D eigenvalue weighted by atomic mass is 35.5. The van der Waals surface area contributed by atoms with Gasteiger partial charge in [0.25, 0.3) is 0 Å². The van der Waals surface area contributed by atoms with Gasteiger partial charge >= 0.3 is 0 Å². The van der Waals surface area contributed by atoms with Crippen LogP contribution in [0.25, 0.3) is 0 Å². The Bertz CT molecular complexity index is 666. The Labute approximate surface area is 127 Å². The molecule has 0 aliphatic heterocycles. The molecule has 100 valence electrons. The molecule has 2 aromatic carbocycles. The van der Waals surface area contributed by atoms with Crippen molar-refractivity contribution >= 4 is 29.0 Å². The Kier molecular flexibility index (Phi) is 4.44. The van der Waals surface area contributed by atoms with Gasteiger partial charge in [-0.1, -0.05) is 59.1 Å². The van der Waals surface area contributed by atoms with Gasteiger partial charge in [-0.3, -0.25) is 4.79 Å². The number of benzene rings is 2. The van der Waals surface area contributed by atoms with Crippen LogP contribution >= 0.6 is 23.2 Å². The molecule has 0 aliphatic carbocycles. The topological polar surface area (TPSA) is 40.9 Å². The number of Topliss-reactive ketones (excluding diaryl/α,β-unsaturated/α-hetero) is 1. The number of hydrogen-bond acceptors (Lipinski definition) is 2. The molecule has 0 aliphatic rings. The molecule has 2 nitrogen and oxygen atoms in total. The quantitative estimate of drug-likeness (QED) is 0.765. The zero-order valence-corrected chi connectivity index (χ0v) is 12.2. The average Bonchev–Trinajstić information content (AvgIpc) is 2.43. The van der Waals surface area contributed by atoms with E-state index in [0.717, 1.165) is 5.56 Å². The van der Waals surface area contributed by atoms with Gasteiger partial charge in [0.15, 0.2) is 5.78 Å². The lowest BCUT2D eigenvalue weighted by molar-refractivity contribution is 0.0979. The third kappa shape index (κ3) is 2.85. The minimum Gasteiger partial charge on any atom is -0.292 e. The first-order valence-corrected chi connectivity index (χ1v) is 6.74. The highest BCUT2D eigenvalue weighted by Crippen LogP contribution is 2.33. The maximum Gasteiger partial charge on any atom is 0.184 e. The predicted octanol–water partition coefficient (Wildman–Crippen LogP) is 4.79. The summed E-state index contributed by atoms with van der Waals surface area (Å²) in [5.74, 6) is -1.30. The minimum atomic E-state index is -1.00. The monoisotopic (exact) mass is 303 g/mol. The molecule has 0 heterocycles. The number of halogens is 2. The van der Waals surface area contributed by atoms with Gasteiger partial charge in [0.1, 0.15) is 5.92 Å². The van der Waals surface area contributed by atoms with Crippen LogP contribution < -0.4 is 0 Å². The Morgan fingerprint density at radius 3 is 2.15 bits per heavy atom. The van der Waals surface area contributed by atoms with E-state index in [1.807, 2.05) is 25.1 Å². The van der Waals surface area contributed by atoms with Crippen molar-refractivity contribution in [3.8, 4) is 6.07 Å². The summed E-state index contributed by atoms with van der Waals surface area (Å²) in [4.78, 5) is 12.5. The van der Waals surface area contributed by atoms with Crippen molar-refractivity contribution in [3.05, 3.63) is 69.2 Å². The molecule has 0 fully saturated rings. The maximum absolute atomic E-state index is 12.5. The van der Waals surface area contributed by atoms with Crippen molar-refractivity contribution in [1.29, 1.82) is 5.26 Å². The van der Waals surface area contributed by atoms with Gasteiger partial charge in [0.05, 0.1) is 6.07 Å². The van der Waals surface area contributed by atoms with Crippen molar-refractivity contribution < 1.29 is 4.79 Å². The largest absolute Gasteiger partial charge is 0.292 e. The van der Waals surface area contributed by atoms with E-state index in [4.69, 9.17) is 23.2 Å². The molecule has 0 amide bonds. The van der Waals surface area contributed by atoms with Gasteiger partial charge in [0.2, 0.25) is 0 Å². The van der Waals surface area contributed by atoms with Crippen LogP contribution in [0.3, 0.4) is 0 Å². The van der Waals surface area contributed by atoms with Crippen LogP contribution in [0.5, 0.6) is 0 Å². The smallest absolute Gasteiger partial charge is 0.184 e. The number of ketones is 1. The normalized spacial score (nSPS) is 11.7. The van der Waals surface area contributed by atoms with Crippen LogP contribution in [0.4, 0.5) is 0 Å². The van der Waals surface area contributed by atoms with E-state index in [1.54, 1.807) is 30.3 Å². The Balaban J connectivity index is 2.46. The fraction of sp³-hybridized carbons (Fsp3) is 0.125. The average molecular weight is 304 g/mol. The van der Waals surface area contributed by atoms with Gasteiger partial charge in [-0.2, -0.15) is 5.26 Å². The molecular formula is C16H11Cl2NO. The summed E-state index contributed by atoms with van der Waals surface area (Å²) in [5, 5.41) is 9.97. The highest BCUT2D eigenvalue weighted by Gasteiger charge is 2.26. The van der Waals surface area contributed by atoms with Crippen molar-refractivity contribution in [1.82, 2.24) is 0 Å². The SMILES string of the molecule is Cc1ccc(C(=O)C(C#N)c2c(Cl)cccc2Cl)cc1. The fourth-order valence-corrected chi connectivity index (χ4v) is 2.54. The minimum absolute atomic E-state index is 0.303. The van der Waals surface area contributed by atoms with E-state index in [1.165, 1.54) is 0 Å². The molecular weight excluding hydrogens is 293 g/mol. The Morgan fingerprint density at radius 1 is 1.10 bits per heavy atom. The zero-order chi connectivity index (χ0) is 14.7. The molecule has 0 bridgehead atoms. The van der Waals surface area contributed by atoms with E-state index in [0.29, 0.717) is 21.2 Å². The Morgan fingerprint density at radius 2 is 1.65 bits per heavy atom. The first kappa shape index (κ1) is 14.6. The lowest BCUT2D eigenvalue weighted by Gasteiger charge is -2.12. The third-order valence-electron chi connectivity index (χ3n) is 3.02. The summed E-state index contributed by atoms with van der Waals surface area (Å²) in [5.41, 5.74) is 1.88. The van der Waals surface area contributed by atoms with Crippen molar-refractivity contribution in [2.24, 2.45) is 0 Å². The van der Waals surface area contributed by atoms with Gasteiger partial charge in [0, 0.05) is 21.2 Å². The van der Waals surface area contributed by atoms with E-state index < -0.39 is 5.92 Å². The fourth-order valence-electron chi connectivity index (χ4n) is 1.93. The molecule has 4 heteroatoms. The molecule has 2 aromatic rings. The molecule has 2 rings (SSSR count). The lowest BCUT2D eigenvalue weighted by Crippen LogP contribution is -2.12. The molecule has 0 N–H and O–H groups in total. The summed E-state index contributed by atoms with van der Waals surface area (Å²) >= 11 is 12.1. The summed E-state index contributed by atoms with van der Waals surface area (Å²) < 4.78 is 0. The Hall–Kier alpha value is -1.82. The van der Waals surface area contributed by atoms with Crippen LogP contribution in [0.1, 0.15) is 27.4 Å². The van der Waals surface area contributed by atoms with E-state index >= 15 is 0 Å². The number of rotatable bonds is 3. The molecule has 0 saturated heterocycles. The van der Waals surface area contributed by atoms with Gasteiger partial charge < -0.3 is 0 Å². The molecule has 1 unspecified atom stereocenters. The predicted molar refractivity (Wildman–Crippen MR) is 80.3 cm³/mol. The van der Waals surface area contributed by atoms with E-state index in [-0.39, 0.29) is 5.78 Å². The number of aryl methyl sites for hydroxylation is 1. The first-order chi connectivity index (χ1) is 9.54. The first-order valence-electron chi connectivity index (χ1n) is 5.99. The number of nitriles is 1. The number of carbonyl (C=O) groups excluding carboxylic acids is 1. The zero-order valence-electron chi connectivity index (χ0n) is 10.7. The van der Waals surface area contributed by atoms with Crippen LogP contribution in [0, 0.1) is 18.3 Å². The van der Waals surface area contributed by atoms with Crippen LogP contribution in [-0.4, -0.2) is 5.78 Å². The van der Waals surface area contributed by atoms with Crippen molar-refractivity contribution in [2.75, 3.05) is 0 Å². The summed E-state index contributed by atoms with van der Waals surface area (Å²) in [6.07, 6.45) is 0. The third-order valence-corrected chi connectivity index (χ3v) is 3.67. The van der Waals surface area contributed by atoms with Crippen LogP contribution in [-0.2, 0) is 0 Å². The van der Waals surface area contributed by atoms with Crippen LogP contribution in [0.2, 0.25) is 10.0 Å².